The maximum atomic E-state index is 12.9. The van der Waals surface area contributed by atoms with Crippen LogP contribution in [0.15, 0.2) is 24.3 Å². The van der Waals surface area contributed by atoms with Crippen molar-refractivity contribution in [3.8, 4) is 0 Å². The number of halogens is 1. The summed E-state index contributed by atoms with van der Waals surface area (Å²) in [7, 11) is 0. The summed E-state index contributed by atoms with van der Waals surface area (Å²) in [6.45, 7) is 0.514. The highest BCUT2D eigenvalue weighted by molar-refractivity contribution is 5.53. The van der Waals surface area contributed by atoms with E-state index >= 15 is 0 Å². The number of nitrogens with two attached hydrogens (primary N) is 1. The van der Waals surface area contributed by atoms with Gasteiger partial charge < -0.3 is 5.73 Å². The molecule has 0 aromatic heterocycles. The third kappa shape index (κ3) is 3.14. The highest BCUT2D eigenvalue weighted by atomic mass is 19.1. The average molecular weight is 210 g/mol. The molecule has 4 nitrogen and oxygen atoms in total. The number of hydrogen-bond acceptors (Lipinski definition) is 3. The topological polar surface area (TPSA) is 69.2 Å². The zero-order chi connectivity index (χ0) is 11.3. The SMILES string of the molecule is NCCC=Cc1ccc(F)c([N+](=O)[O-])c1. The molecule has 0 aliphatic carbocycles. The Morgan fingerprint density at radius 1 is 1.53 bits per heavy atom. The molecule has 0 spiro atoms. The van der Waals surface area contributed by atoms with Gasteiger partial charge in [-0.1, -0.05) is 18.2 Å². The number of nitrogens with zero attached hydrogens (tertiary/aromatic N) is 1. The smallest absolute Gasteiger partial charge is 0.305 e. The van der Waals surface area contributed by atoms with Crippen LogP contribution < -0.4 is 5.73 Å². The molecule has 2 N–H and O–H groups in total. The first-order valence-corrected chi connectivity index (χ1v) is 4.45. The van der Waals surface area contributed by atoms with Crippen molar-refractivity contribution in [1.82, 2.24) is 0 Å². The Labute approximate surface area is 86.4 Å². The van der Waals surface area contributed by atoms with Gasteiger partial charge in [-0.2, -0.15) is 4.39 Å². The molecule has 0 fully saturated rings. The second-order valence-corrected chi connectivity index (χ2v) is 2.95. The van der Waals surface area contributed by atoms with Gasteiger partial charge in [-0.05, 0) is 24.6 Å². The second-order valence-electron chi connectivity index (χ2n) is 2.95. The molecule has 0 bridgehead atoms. The predicted molar refractivity (Wildman–Crippen MR) is 55.8 cm³/mol. The summed E-state index contributed by atoms with van der Waals surface area (Å²) in [4.78, 5) is 9.68. The van der Waals surface area contributed by atoms with Crippen LogP contribution in [0.2, 0.25) is 0 Å². The largest absolute Gasteiger partial charge is 0.330 e. The molecule has 0 saturated heterocycles. The quantitative estimate of drug-likeness (QED) is 0.611. The monoisotopic (exact) mass is 210 g/mol. The lowest BCUT2D eigenvalue weighted by Crippen LogP contribution is -1.95. The van der Waals surface area contributed by atoms with Gasteiger partial charge in [0.2, 0.25) is 5.82 Å². The summed E-state index contributed by atoms with van der Waals surface area (Å²) < 4.78 is 12.9. The molecule has 0 aliphatic heterocycles. The standard InChI is InChI=1S/C10H11FN2O2/c11-9-5-4-8(3-1-2-6-12)7-10(9)13(14)15/h1,3-5,7H,2,6,12H2. The first-order valence-electron chi connectivity index (χ1n) is 4.45. The van der Waals surface area contributed by atoms with E-state index in [4.69, 9.17) is 5.73 Å². The summed E-state index contributed by atoms with van der Waals surface area (Å²) in [6.07, 6.45) is 4.15. The summed E-state index contributed by atoms with van der Waals surface area (Å²) in [5.74, 6) is -0.823. The van der Waals surface area contributed by atoms with Gasteiger partial charge in [0.15, 0.2) is 0 Å². The van der Waals surface area contributed by atoms with E-state index in [-0.39, 0.29) is 0 Å². The number of rotatable bonds is 4. The van der Waals surface area contributed by atoms with Crippen LogP contribution >= 0.6 is 0 Å². The molecule has 0 amide bonds. The highest BCUT2D eigenvalue weighted by Crippen LogP contribution is 2.19. The van der Waals surface area contributed by atoms with Gasteiger partial charge in [0.25, 0.3) is 0 Å². The molecule has 1 rings (SSSR count). The average Bonchev–Trinajstić information content (AvgIpc) is 2.20. The van der Waals surface area contributed by atoms with Crippen molar-refractivity contribution >= 4 is 11.8 Å². The van der Waals surface area contributed by atoms with Crippen molar-refractivity contribution in [1.29, 1.82) is 0 Å². The van der Waals surface area contributed by atoms with Gasteiger partial charge in [-0.15, -0.1) is 0 Å². The third-order valence-corrected chi connectivity index (χ3v) is 1.81. The van der Waals surface area contributed by atoms with E-state index in [1.54, 1.807) is 12.2 Å². The fourth-order valence-corrected chi connectivity index (χ4v) is 1.09. The van der Waals surface area contributed by atoms with Crippen LogP contribution in [0.4, 0.5) is 10.1 Å². The number of hydrogen-bond donors (Lipinski definition) is 1. The van der Waals surface area contributed by atoms with Crippen molar-refractivity contribution in [3.05, 3.63) is 45.8 Å². The van der Waals surface area contributed by atoms with Gasteiger partial charge >= 0.3 is 5.69 Å². The summed E-state index contributed by atoms with van der Waals surface area (Å²) in [5.41, 5.74) is 5.36. The fraction of sp³-hybridized carbons (Fsp3) is 0.200. The fourth-order valence-electron chi connectivity index (χ4n) is 1.09. The van der Waals surface area contributed by atoms with Crippen molar-refractivity contribution in [2.75, 3.05) is 6.54 Å². The van der Waals surface area contributed by atoms with Crippen LogP contribution in [0.3, 0.4) is 0 Å². The van der Waals surface area contributed by atoms with E-state index in [1.807, 2.05) is 0 Å². The molecule has 0 aliphatic rings. The minimum atomic E-state index is -0.823. The summed E-state index contributed by atoms with van der Waals surface area (Å²) >= 11 is 0. The molecule has 1 aromatic rings. The Bertz CT molecular complexity index is 391. The van der Waals surface area contributed by atoms with Crippen LogP contribution in [0.5, 0.6) is 0 Å². The Morgan fingerprint density at radius 2 is 2.27 bits per heavy atom. The lowest BCUT2D eigenvalue weighted by atomic mass is 10.1. The molecule has 80 valence electrons. The van der Waals surface area contributed by atoms with Gasteiger partial charge in [0.05, 0.1) is 4.92 Å². The molecule has 0 heterocycles. The first kappa shape index (κ1) is 11.3. The Hall–Kier alpha value is -1.75. The summed E-state index contributed by atoms with van der Waals surface area (Å²) in [6, 6.07) is 3.76. The van der Waals surface area contributed by atoms with Crippen molar-refractivity contribution in [3.63, 3.8) is 0 Å². The summed E-state index contributed by atoms with van der Waals surface area (Å²) in [5, 5.41) is 10.4. The van der Waals surface area contributed by atoms with E-state index in [2.05, 4.69) is 0 Å². The van der Waals surface area contributed by atoms with Crippen molar-refractivity contribution in [2.45, 2.75) is 6.42 Å². The van der Waals surface area contributed by atoms with Crippen LogP contribution in [0.1, 0.15) is 12.0 Å². The number of nitro groups is 1. The van der Waals surface area contributed by atoms with E-state index in [0.717, 1.165) is 6.07 Å². The highest BCUT2D eigenvalue weighted by Gasteiger charge is 2.12. The molecule has 0 radical (unpaired) electrons. The second kappa shape index (κ2) is 5.21. The zero-order valence-corrected chi connectivity index (χ0v) is 8.02. The molecule has 15 heavy (non-hydrogen) atoms. The zero-order valence-electron chi connectivity index (χ0n) is 8.02. The lowest BCUT2D eigenvalue weighted by Gasteiger charge is -1.96. The van der Waals surface area contributed by atoms with Crippen LogP contribution in [0, 0.1) is 15.9 Å². The van der Waals surface area contributed by atoms with Gasteiger partial charge in [-0.3, -0.25) is 10.1 Å². The lowest BCUT2D eigenvalue weighted by molar-refractivity contribution is -0.387. The van der Waals surface area contributed by atoms with E-state index in [0.29, 0.717) is 18.5 Å². The van der Waals surface area contributed by atoms with E-state index in [9.17, 15) is 14.5 Å². The Kier molecular flexibility index (Phi) is 3.93. The van der Waals surface area contributed by atoms with Crippen LogP contribution in [-0.2, 0) is 0 Å². The van der Waals surface area contributed by atoms with Crippen LogP contribution in [-0.4, -0.2) is 11.5 Å². The molecule has 0 unspecified atom stereocenters. The normalized spacial score (nSPS) is 10.8. The first-order chi connectivity index (χ1) is 7.15. The molecule has 1 aromatic carbocycles. The maximum absolute atomic E-state index is 12.9. The molecular weight excluding hydrogens is 199 g/mol. The third-order valence-electron chi connectivity index (χ3n) is 1.81. The van der Waals surface area contributed by atoms with Crippen LogP contribution in [0.25, 0.3) is 6.08 Å². The maximum Gasteiger partial charge on any atom is 0.305 e. The van der Waals surface area contributed by atoms with Gasteiger partial charge in [-0.25, -0.2) is 0 Å². The van der Waals surface area contributed by atoms with Crippen molar-refractivity contribution < 1.29 is 9.31 Å². The Balaban J connectivity index is 2.92. The van der Waals surface area contributed by atoms with Gasteiger partial charge in [0, 0.05) is 6.07 Å². The minimum Gasteiger partial charge on any atom is -0.330 e. The van der Waals surface area contributed by atoms with E-state index < -0.39 is 16.4 Å². The number of nitro benzene ring substituents is 1. The predicted octanol–water partition coefficient (Wildman–Crippen LogP) is 2.10. The number of benzene rings is 1. The van der Waals surface area contributed by atoms with Gasteiger partial charge in [0.1, 0.15) is 0 Å². The molecular formula is C10H11FN2O2. The molecule has 5 heteroatoms. The molecule has 0 atom stereocenters. The minimum absolute atomic E-state index is 0.509. The van der Waals surface area contributed by atoms with Crippen molar-refractivity contribution in [2.24, 2.45) is 5.73 Å². The van der Waals surface area contributed by atoms with E-state index in [1.165, 1.54) is 12.1 Å². The Morgan fingerprint density at radius 3 is 2.87 bits per heavy atom. The molecule has 0 saturated carbocycles.